The Bertz CT molecular complexity index is 787. The number of aromatic amines is 1. The number of anilines is 1. The minimum absolute atomic E-state index is 0.0623. The van der Waals surface area contributed by atoms with Gasteiger partial charge in [-0.15, -0.1) is 0 Å². The first kappa shape index (κ1) is 14.4. The SMILES string of the molecule is CC(=O)c1ccc(NC(=O)Cn2ccc(=O)[nH]c2=O)cc1. The summed E-state index contributed by atoms with van der Waals surface area (Å²) in [6.45, 7) is 1.24. The second-order valence-electron chi connectivity index (χ2n) is 4.42. The summed E-state index contributed by atoms with van der Waals surface area (Å²) in [4.78, 5) is 47.3. The average molecular weight is 287 g/mol. The number of benzene rings is 1. The van der Waals surface area contributed by atoms with Gasteiger partial charge in [0.1, 0.15) is 6.54 Å². The highest BCUT2D eigenvalue weighted by molar-refractivity contribution is 5.95. The van der Waals surface area contributed by atoms with Crippen LogP contribution in [0.25, 0.3) is 0 Å². The van der Waals surface area contributed by atoms with E-state index in [0.717, 1.165) is 10.6 Å². The van der Waals surface area contributed by atoms with E-state index in [9.17, 15) is 19.2 Å². The molecule has 1 heterocycles. The van der Waals surface area contributed by atoms with Crippen LogP contribution in [0.4, 0.5) is 5.69 Å². The second-order valence-corrected chi connectivity index (χ2v) is 4.42. The Morgan fingerprint density at radius 1 is 1.14 bits per heavy atom. The molecule has 0 radical (unpaired) electrons. The molecule has 7 heteroatoms. The van der Waals surface area contributed by atoms with Gasteiger partial charge in [0.25, 0.3) is 5.56 Å². The number of nitrogens with zero attached hydrogens (tertiary/aromatic N) is 1. The van der Waals surface area contributed by atoms with E-state index in [1.165, 1.54) is 13.1 Å². The van der Waals surface area contributed by atoms with Crippen molar-refractivity contribution in [2.45, 2.75) is 13.5 Å². The molecule has 2 aromatic rings. The minimum atomic E-state index is -0.649. The Kier molecular flexibility index (Phi) is 4.13. The van der Waals surface area contributed by atoms with Crippen molar-refractivity contribution in [1.82, 2.24) is 9.55 Å². The Labute approximate surface area is 119 Å². The maximum absolute atomic E-state index is 11.8. The lowest BCUT2D eigenvalue weighted by atomic mass is 10.1. The minimum Gasteiger partial charge on any atom is -0.325 e. The zero-order valence-electron chi connectivity index (χ0n) is 11.3. The number of ketones is 1. The van der Waals surface area contributed by atoms with Crippen LogP contribution in [0.5, 0.6) is 0 Å². The van der Waals surface area contributed by atoms with Crippen LogP contribution in [0.1, 0.15) is 17.3 Å². The third kappa shape index (κ3) is 3.75. The molecule has 7 nitrogen and oxygen atoms in total. The first-order valence-electron chi connectivity index (χ1n) is 6.16. The Morgan fingerprint density at radius 2 is 1.81 bits per heavy atom. The quantitative estimate of drug-likeness (QED) is 0.794. The third-order valence-corrected chi connectivity index (χ3v) is 2.79. The number of nitrogens with one attached hydrogen (secondary N) is 2. The predicted molar refractivity (Wildman–Crippen MR) is 76.4 cm³/mol. The van der Waals surface area contributed by atoms with Crippen molar-refractivity contribution in [3.05, 3.63) is 62.9 Å². The fourth-order valence-corrected chi connectivity index (χ4v) is 1.71. The molecule has 2 rings (SSSR count). The van der Waals surface area contributed by atoms with Crippen LogP contribution in [0.3, 0.4) is 0 Å². The van der Waals surface area contributed by atoms with Crippen molar-refractivity contribution in [3.63, 3.8) is 0 Å². The fourth-order valence-electron chi connectivity index (χ4n) is 1.71. The van der Waals surface area contributed by atoms with Gasteiger partial charge < -0.3 is 5.32 Å². The van der Waals surface area contributed by atoms with Crippen molar-refractivity contribution in [1.29, 1.82) is 0 Å². The van der Waals surface area contributed by atoms with Gasteiger partial charge in [-0.1, -0.05) is 0 Å². The molecule has 0 spiro atoms. The zero-order chi connectivity index (χ0) is 15.4. The van der Waals surface area contributed by atoms with Gasteiger partial charge in [0, 0.05) is 23.5 Å². The maximum atomic E-state index is 11.8. The van der Waals surface area contributed by atoms with Crippen LogP contribution in [0, 0.1) is 0 Å². The van der Waals surface area contributed by atoms with E-state index in [1.54, 1.807) is 24.3 Å². The monoisotopic (exact) mass is 287 g/mol. The number of H-pyrrole nitrogens is 1. The molecule has 2 N–H and O–H groups in total. The van der Waals surface area contributed by atoms with E-state index in [-0.39, 0.29) is 12.3 Å². The maximum Gasteiger partial charge on any atom is 0.328 e. The number of carbonyl (C=O) groups excluding carboxylic acids is 2. The molecule has 21 heavy (non-hydrogen) atoms. The van der Waals surface area contributed by atoms with Crippen molar-refractivity contribution in [2.75, 3.05) is 5.32 Å². The average Bonchev–Trinajstić information content (AvgIpc) is 2.42. The normalized spacial score (nSPS) is 10.1. The number of rotatable bonds is 4. The summed E-state index contributed by atoms with van der Waals surface area (Å²) in [6, 6.07) is 7.57. The molecule has 1 aromatic heterocycles. The first-order chi connectivity index (χ1) is 9.95. The molecule has 0 fully saturated rings. The van der Waals surface area contributed by atoms with Gasteiger partial charge in [0.05, 0.1) is 0 Å². The van der Waals surface area contributed by atoms with Gasteiger partial charge in [-0.3, -0.25) is 23.9 Å². The lowest BCUT2D eigenvalue weighted by Gasteiger charge is -2.07. The molecule has 0 saturated carbocycles. The zero-order valence-corrected chi connectivity index (χ0v) is 11.3. The highest BCUT2D eigenvalue weighted by Crippen LogP contribution is 2.09. The number of carbonyl (C=O) groups is 2. The van der Waals surface area contributed by atoms with Crippen LogP contribution in [0.15, 0.2) is 46.1 Å². The summed E-state index contributed by atoms with van der Waals surface area (Å²) >= 11 is 0. The molecular formula is C14H13N3O4. The van der Waals surface area contributed by atoms with E-state index in [0.29, 0.717) is 11.3 Å². The highest BCUT2D eigenvalue weighted by Gasteiger charge is 2.06. The fraction of sp³-hybridized carbons (Fsp3) is 0.143. The summed E-state index contributed by atoms with van der Waals surface area (Å²) < 4.78 is 1.08. The summed E-state index contributed by atoms with van der Waals surface area (Å²) in [6.07, 6.45) is 1.25. The van der Waals surface area contributed by atoms with E-state index in [1.807, 2.05) is 0 Å². The second kappa shape index (κ2) is 6.00. The summed E-state index contributed by atoms with van der Waals surface area (Å²) in [5.74, 6) is -0.479. The molecule has 1 aromatic carbocycles. The number of amides is 1. The molecule has 0 atom stereocenters. The summed E-state index contributed by atoms with van der Waals surface area (Å²) in [7, 11) is 0. The first-order valence-corrected chi connectivity index (χ1v) is 6.16. The summed E-state index contributed by atoms with van der Waals surface area (Å²) in [5, 5.41) is 2.60. The van der Waals surface area contributed by atoms with Crippen molar-refractivity contribution >= 4 is 17.4 Å². The van der Waals surface area contributed by atoms with Crippen LogP contribution in [-0.4, -0.2) is 21.2 Å². The van der Waals surface area contributed by atoms with E-state index >= 15 is 0 Å². The smallest absolute Gasteiger partial charge is 0.325 e. The largest absolute Gasteiger partial charge is 0.328 e. The Morgan fingerprint density at radius 3 is 2.38 bits per heavy atom. The van der Waals surface area contributed by atoms with E-state index < -0.39 is 17.2 Å². The van der Waals surface area contributed by atoms with Gasteiger partial charge in [0.15, 0.2) is 5.78 Å². The molecule has 0 aliphatic heterocycles. The third-order valence-electron chi connectivity index (χ3n) is 2.79. The van der Waals surface area contributed by atoms with Gasteiger partial charge in [-0.25, -0.2) is 4.79 Å². The lowest BCUT2D eigenvalue weighted by Crippen LogP contribution is -2.32. The van der Waals surface area contributed by atoms with Crippen molar-refractivity contribution < 1.29 is 9.59 Å². The number of hydrogen-bond acceptors (Lipinski definition) is 4. The molecule has 0 bridgehead atoms. The molecular weight excluding hydrogens is 274 g/mol. The standard InChI is InChI=1S/C14H13N3O4/c1-9(18)10-2-4-11(5-3-10)15-13(20)8-17-7-6-12(19)16-14(17)21/h2-7H,8H2,1H3,(H,15,20)(H,16,19,21). The van der Waals surface area contributed by atoms with Gasteiger partial charge in [-0.05, 0) is 31.2 Å². The van der Waals surface area contributed by atoms with Crippen LogP contribution < -0.4 is 16.6 Å². The van der Waals surface area contributed by atoms with Crippen molar-refractivity contribution in [2.24, 2.45) is 0 Å². The molecule has 0 saturated heterocycles. The Hall–Kier alpha value is -2.96. The molecule has 108 valence electrons. The summed E-state index contributed by atoms with van der Waals surface area (Å²) in [5.41, 5.74) is -0.103. The van der Waals surface area contributed by atoms with Crippen LogP contribution in [-0.2, 0) is 11.3 Å². The number of hydrogen-bond donors (Lipinski definition) is 2. The highest BCUT2D eigenvalue weighted by atomic mass is 16.2. The van der Waals surface area contributed by atoms with Crippen LogP contribution >= 0.6 is 0 Å². The van der Waals surface area contributed by atoms with Crippen molar-refractivity contribution in [3.8, 4) is 0 Å². The molecule has 1 amide bonds. The van der Waals surface area contributed by atoms with Gasteiger partial charge in [0.2, 0.25) is 5.91 Å². The van der Waals surface area contributed by atoms with E-state index in [2.05, 4.69) is 10.3 Å². The van der Waals surface area contributed by atoms with Gasteiger partial charge in [-0.2, -0.15) is 0 Å². The molecule has 0 unspecified atom stereocenters. The number of aromatic nitrogens is 2. The predicted octanol–water partition coefficient (Wildman–Crippen LogP) is 0.378. The molecule has 0 aliphatic carbocycles. The number of Topliss-reactive ketones (excluding diaryl/α,β-unsaturated/α-hetero) is 1. The topological polar surface area (TPSA) is 101 Å². The van der Waals surface area contributed by atoms with Crippen LogP contribution in [0.2, 0.25) is 0 Å². The molecule has 0 aliphatic rings. The van der Waals surface area contributed by atoms with Gasteiger partial charge >= 0.3 is 5.69 Å². The lowest BCUT2D eigenvalue weighted by molar-refractivity contribution is -0.116. The van der Waals surface area contributed by atoms with E-state index in [4.69, 9.17) is 0 Å². The Balaban J connectivity index is 2.06.